The van der Waals surface area contributed by atoms with Crippen LogP contribution in [0.1, 0.15) is 32.6 Å². The molecule has 3 heteroatoms. The lowest BCUT2D eigenvalue weighted by molar-refractivity contribution is -0.116. The van der Waals surface area contributed by atoms with Crippen molar-refractivity contribution >= 4 is 23.2 Å². The van der Waals surface area contributed by atoms with Crippen molar-refractivity contribution in [2.45, 2.75) is 32.6 Å². The van der Waals surface area contributed by atoms with Gasteiger partial charge in [0.05, 0.1) is 0 Å². The van der Waals surface area contributed by atoms with Gasteiger partial charge in [-0.05, 0) is 18.6 Å². The molecule has 17 heavy (non-hydrogen) atoms. The molecule has 0 atom stereocenters. The molecule has 0 aliphatic rings. The number of hydrogen-bond donors (Lipinski definition) is 0. The van der Waals surface area contributed by atoms with Gasteiger partial charge in [0.15, 0.2) is 0 Å². The van der Waals surface area contributed by atoms with Crippen LogP contribution in [0.2, 0.25) is 0 Å². The van der Waals surface area contributed by atoms with Gasteiger partial charge in [-0.2, -0.15) is 0 Å². The standard InChI is InChI=1S/C14H20ClNO/c1-2-3-4-8-11-16(14(17)12-15)13-9-6-5-7-10-13/h5-7,9-10H,2-4,8,11-12H2,1H3. The predicted molar refractivity (Wildman–Crippen MR) is 73.7 cm³/mol. The fourth-order valence-corrected chi connectivity index (χ4v) is 1.92. The highest BCUT2D eigenvalue weighted by Gasteiger charge is 2.13. The third kappa shape index (κ3) is 4.78. The largest absolute Gasteiger partial charge is 0.311 e. The van der Waals surface area contributed by atoms with Crippen molar-refractivity contribution in [1.29, 1.82) is 0 Å². The first kappa shape index (κ1) is 14.0. The average molecular weight is 254 g/mol. The highest BCUT2D eigenvalue weighted by atomic mass is 35.5. The monoisotopic (exact) mass is 253 g/mol. The van der Waals surface area contributed by atoms with E-state index in [1.165, 1.54) is 12.8 Å². The number of alkyl halides is 1. The highest BCUT2D eigenvalue weighted by molar-refractivity contribution is 6.29. The SMILES string of the molecule is CCCCCCN(C(=O)CCl)c1ccccc1. The van der Waals surface area contributed by atoms with Gasteiger partial charge < -0.3 is 4.90 Å². The van der Waals surface area contributed by atoms with Crippen LogP contribution < -0.4 is 4.90 Å². The van der Waals surface area contributed by atoms with Crippen molar-refractivity contribution in [3.8, 4) is 0 Å². The second-order valence-electron chi connectivity index (χ2n) is 4.08. The lowest BCUT2D eigenvalue weighted by Gasteiger charge is -2.21. The maximum Gasteiger partial charge on any atom is 0.241 e. The van der Waals surface area contributed by atoms with E-state index in [1.54, 1.807) is 4.90 Å². The molecule has 0 unspecified atom stereocenters. The summed E-state index contributed by atoms with van der Waals surface area (Å²) >= 11 is 5.65. The molecule has 0 saturated heterocycles. The number of benzene rings is 1. The Hall–Kier alpha value is -1.02. The number of halogens is 1. The molecule has 0 N–H and O–H groups in total. The molecule has 0 aromatic heterocycles. The first-order valence-corrected chi connectivity index (χ1v) is 6.74. The van der Waals surface area contributed by atoms with Gasteiger partial charge in [0.25, 0.3) is 0 Å². The summed E-state index contributed by atoms with van der Waals surface area (Å²) in [4.78, 5) is 13.6. The lowest BCUT2D eigenvalue weighted by Crippen LogP contribution is -2.32. The van der Waals surface area contributed by atoms with Gasteiger partial charge in [-0.1, -0.05) is 44.4 Å². The molecule has 1 rings (SSSR count). The fourth-order valence-electron chi connectivity index (χ4n) is 1.77. The Kier molecular flexibility index (Phi) is 6.71. The molecule has 0 spiro atoms. The maximum absolute atomic E-state index is 11.8. The predicted octanol–water partition coefficient (Wildman–Crippen LogP) is 3.84. The second-order valence-corrected chi connectivity index (χ2v) is 4.34. The van der Waals surface area contributed by atoms with Crippen molar-refractivity contribution < 1.29 is 4.79 Å². The summed E-state index contributed by atoms with van der Waals surface area (Å²) in [6, 6.07) is 9.73. The van der Waals surface area contributed by atoms with Crippen LogP contribution >= 0.6 is 11.6 Å². The smallest absolute Gasteiger partial charge is 0.241 e. The van der Waals surface area contributed by atoms with Crippen molar-refractivity contribution in [3.63, 3.8) is 0 Å². The Labute approximate surface area is 109 Å². The van der Waals surface area contributed by atoms with E-state index in [4.69, 9.17) is 11.6 Å². The first-order chi connectivity index (χ1) is 8.29. The summed E-state index contributed by atoms with van der Waals surface area (Å²) in [5.74, 6) is 0.0252. The molecule has 0 saturated carbocycles. The van der Waals surface area contributed by atoms with Gasteiger partial charge in [-0.3, -0.25) is 4.79 Å². The van der Waals surface area contributed by atoms with E-state index < -0.39 is 0 Å². The van der Waals surface area contributed by atoms with Crippen LogP contribution in [0.15, 0.2) is 30.3 Å². The van der Waals surface area contributed by atoms with Crippen LogP contribution in [0.4, 0.5) is 5.69 Å². The molecule has 1 aromatic rings. The van der Waals surface area contributed by atoms with Crippen molar-refractivity contribution in [2.24, 2.45) is 0 Å². The van der Waals surface area contributed by atoms with Gasteiger partial charge in [-0.25, -0.2) is 0 Å². The fraction of sp³-hybridized carbons (Fsp3) is 0.500. The number of unbranched alkanes of at least 4 members (excludes halogenated alkanes) is 3. The molecule has 94 valence electrons. The van der Waals surface area contributed by atoms with Crippen LogP contribution in [0, 0.1) is 0 Å². The molecule has 0 fully saturated rings. The number of para-hydroxylation sites is 1. The number of rotatable bonds is 7. The highest BCUT2D eigenvalue weighted by Crippen LogP contribution is 2.15. The Bertz CT molecular complexity index is 326. The van der Waals surface area contributed by atoms with Crippen LogP contribution in [0.3, 0.4) is 0 Å². The summed E-state index contributed by atoms with van der Waals surface area (Å²) in [7, 11) is 0. The van der Waals surface area contributed by atoms with E-state index in [0.29, 0.717) is 0 Å². The van der Waals surface area contributed by atoms with Crippen LogP contribution in [-0.4, -0.2) is 18.3 Å². The Morgan fingerprint density at radius 1 is 1.18 bits per heavy atom. The second kappa shape index (κ2) is 8.13. The number of hydrogen-bond acceptors (Lipinski definition) is 1. The van der Waals surface area contributed by atoms with Crippen molar-refractivity contribution in [3.05, 3.63) is 30.3 Å². The molecule has 2 nitrogen and oxygen atoms in total. The zero-order valence-corrected chi connectivity index (χ0v) is 11.1. The third-order valence-electron chi connectivity index (χ3n) is 2.72. The van der Waals surface area contributed by atoms with Crippen molar-refractivity contribution in [1.82, 2.24) is 0 Å². The van der Waals surface area contributed by atoms with Gasteiger partial charge in [0, 0.05) is 12.2 Å². The Morgan fingerprint density at radius 2 is 1.88 bits per heavy atom. The van der Waals surface area contributed by atoms with Gasteiger partial charge in [0.2, 0.25) is 5.91 Å². The molecular weight excluding hydrogens is 234 g/mol. The zero-order chi connectivity index (χ0) is 12.5. The third-order valence-corrected chi connectivity index (χ3v) is 2.95. The number of amides is 1. The quantitative estimate of drug-likeness (QED) is 0.534. The number of carbonyl (C=O) groups is 1. The van der Waals surface area contributed by atoms with E-state index in [0.717, 1.165) is 25.1 Å². The van der Waals surface area contributed by atoms with E-state index in [2.05, 4.69) is 6.92 Å². The number of nitrogens with zero attached hydrogens (tertiary/aromatic N) is 1. The minimum absolute atomic E-state index is 0.0191. The summed E-state index contributed by atoms with van der Waals surface area (Å²) in [5.41, 5.74) is 0.939. The van der Waals surface area contributed by atoms with E-state index >= 15 is 0 Å². The van der Waals surface area contributed by atoms with E-state index in [1.807, 2.05) is 30.3 Å². The minimum atomic E-state index is -0.0191. The number of anilines is 1. The maximum atomic E-state index is 11.8. The van der Waals surface area contributed by atoms with Crippen molar-refractivity contribution in [2.75, 3.05) is 17.3 Å². The summed E-state index contributed by atoms with van der Waals surface area (Å²) < 4.78 is 0. The summed E-state index contributed by atoms with van der Waals surface area (Å²) in [5, 5.41) is 0. The van der Waals surface area contributed by atoms with Gasteiger partial charge >= 0.3 is 0 Å². The summed E-state index contributed by atoms with van der Waals surface area (Å²) in [6.45, 7) is 2.94. The molecule has 0 aliphatic heterocycles. The number of carbonyl (C=O) groups excluding carboxylic acids is 1. The van der Waals surface area contributed by atoms with E-state index in [-0.39, 0.29) is 11.8 Å². The Morgan fingerprint density at radius 3 is 2.47 bits per heavy atom. The zero-order valence-electron chi connectivity index (χ0n) is 10.4. The van der Waals surface area contributed by atoms with Gasteiger partial charge in [-0.15, -0.1) is 11.6 Å². The lowest BCUT2D eigenvalue weighted by atomic mass is 10.2. The molecule has 0 heterocycles. The topological polar surface area (TPSA) is 20.3 Å². The average Bonchev–Trinajstić information content (AvgIpc) is 2.39. The summed E-state index contributed by atoms with van der Waals surface area (Å²) in [6.07, 6.45) is 4.62. The van der Waals surface area contributed by atoms with Gasteiger partial charge in [0.1, 0.15) is 5.88 Å². The Balaban J connectivity index is 2.59. The molecule has 1 aromatic carbocycles. The van der Waals surface area contributed by atoms with Crippen LogP contribution in [0.5, 0.6) is 0 Å². The molecular formula is C14H20ClNO. The van der Waals surface area contributed by atoms with Crippen LogP contribution in [-0.2, 0) is 4.79 Å². The molecule has 1 amide bonds. The van der Waals surface area contributed by atoms with E-state index in [9.17, 15) is 4.79 Å². The van der Waals surface area contributed by atoms with Crippen LogP contribution in [0.25, 0.3) is 0 Å². The molecule has 0 bridgehead atoms. The first-order valence-electron chi connectivity index (χ1n) is 6.21. The molecule has 0 aliphatic carbocycles. The minimum Gasteiger partial charge on any atom is -0.311 e. The normalized spacial score (nSPS) is 10.2. The molecule has 0 radical (unpaired) electrons.